The van der Waals surface area contributed by atoms with Crippen molar-refractivity contribution in [3.63, 3.8) is 0 Å². The van der Waals surface area contributed by atoms with E-state index >= 15 is 0 Å². The molecule has 2 atom stereocenters. The fourth-order valence-electron chi connectivity index (χ4n) is 5.52. The fraction of sp³-hybridized carbons (Fsp3) is 0.133. The minimum atomic E-state index is 0.345. The van der Waals surface area contributed by atoms with Crippen LogP contribution >= 0.6 is 0 Å². The molecule has 0 radical (unpaired) electrons. The largest absolute Gasteiger partial charge is 0.460 e. The molecular formula is C30H22O2. The van der Waals surface area contributed by atoms with Crippen molar-refractivity contribution in [3.05, 3.63) is 108 Å². The van der Waals surface area contributed by atoms with Crippen molar-refractivity contribution in [3.8, 4) is 0 Å². The Kier molecular flexibility index (Phi) is 3.83. The third-order valence-electron chi connectivity index (χ3n) is 7.05. The van der Waals surface area contributed by atoms with Crippen molar-refractivity contribution in [1.82, 2.24) is 0 Å². The molecule has 0 saturated carbocycles. The SMILES string of the molecule is C1=CC(C2CC=Cc3c2oc2ccccc32)CC(c2cccc3c2oc2ccccc23)=C1. The highest BCUT2D eigenvalue weighted by Gasteiger charge is 2.31. The topological polar surface area (TPSA) is 26.3 Å². The zero-order valence-corrected chi connectivity index (χ0v) is 17.6. The van der Waals surface area contributed by atoms with Gasteiger partial charge in [-0.3, -0.25) is 0 Å². The van der Waals surface area contributed by atoms with Gasteiger partial charge in [0, 0.05) is 33.2 Å². The van der Waals surface area contributed by atoms with Crippen LogP contribution in [0.15, 0.2) is 99.9 Å². The summed E-state index contributed by atoms with van der Waals surface area (Å²) in [6.45, 7) is 0. The molecule has 2 nitrogen and oxygen atoms in total. The normalized spacial score (nSPS) is 20.2. The number of fused-ring (bicyclic) bond motifs is 6. The van der Waals surface area contributed by atoms with Gasteiger partial charge in [-0.1, -0.05) is 85.0 Å². The monoisotopic (exact) mass is 414 g/mol. The molecule has 0 amide bonds. The summed E-state index contributed by atoms with van der Waals surface area (Å²) in [6.07, 6.45) is 13.3. The number of rotatable bonds is 2. The lowest BCUT2D eigenvalue weighted by Crippen LogP contribution is -2.15. The quantitative estimate of drug-likeness (QED) is 0.289. The molecule has 2 unspecified atom stereocenters. The molecule has 3 aromatic carbocycles. The molecule has 154 valence electrons. The van der Waals surface area contributed by atoms with Gasteiger partial charge in [-0.25, -0.2) is 0 Å². The van der Waals surface area contributed by atoms with Crippen molar-refractivity contribution in [1.29, 1.82) is 0 Å². The average molecular weight is 415 g/mol. The molecule has 2 aliphatic rings. The van der Waals surface area contributed by atoms with Gasteiger partial charge in [0.05, 0.1) is 0 Å². The maximum Gasteiger partial charge on any atom is 0.142 e. The van der Waals surface area contributed by atoms with E-state index in [1.165, 1.54) is 32.9 Å². The smallest absolute Gasteiger partial charge is 0.142 e. The van der Waals surface area contributed by atoms with Crippen LogP contribution in [0.25, 0.3) is 44.6 Å². The van der Waals surface area contributed by atoms with Crippen molar-refractivity contribution in [2.45, 2.75) is 18.8 Å². The first-order valence-electron chi connectivity index (χ1n) is 11.3. The summed E-state index contributed by atoms with van der Waals surface area (Å²) in [5.41, 5.74) is 6.70. The molecule has 7 rings (SSSR count). The van der Waals surface area contributed by atoms with Gasteiger partial charge in [0.15, 0.2) is 0 Å². The Labute approximate surface area is 186 Å². The summed E-state index contributed by atoms with van der Waals surface area (Å²) in [5, 5.41) is 3.58. The van der Waals surface area contributed by atoms with Crippen molar-refractivity contribution < 1.29 is 8.83 Å². The fourth-order valence-corrected chi connectivity index (χ4v) is 5.52. The summed E-state index contributed by atoms with van der Waals surface area (Å²) in [5.74, 6) is 1.86. The van der Waals surface area contributed by atoms with E-state index in [4.69, 9.17) is 8.83 Å². The Morgan fingerprint density at radius 3 is 2.44 bits per heavy atom. The van der Waals surface area contributed by atoms with Crippen LogP contribution in [-0.4, -0.2) is 0 Å². The molecule has 32 heavy (non-hydrogen) atoms. The molecule has 2 heteroatoms. The van der Waals surface area contributed by atoms with Crippen LogP contribution in [0.2, 0.25) is 0 Å². The van der Waals surface area contributed by atoms with Crippen LogP contribution in [0, 0.1) is 5.92 Å². The second-order valence-corrected chi connectivity index (χ2v) is 8.85. The van der Waals surface area contributed by atoms with Gasteiger partial charge in [-0.2, -0.15) is 0 Å². The van der Waals surface area contributed by atoms with E-state index in [2.05, 4.69) is 85.0 Å². The van der Waals surface area contributed by atoms with Gasteiger partial charge in [0.2, 0.25) is 0 Å². The summed E-state index contributed by atoms with van der Waals surface area (Å²) in [6, 6.07) is 23.2. The summed E-state index contributed by atoms with van der Waals surface area (Å²) in [4.78, 5) is 0. The maximum atomic E-state index is 6.38. The highest BCUT2D eigenvalue weighted by Crippen LogP contribution is 2.46. The molecule has 0 spiro atoms. The van der Waals surface area contributed by atoms with E-state index in [1.807, 2.05) is 12.1 Å². The van der Waals surface area contributed by atoms with Gasteiger partial charge < -0.3 is 8.83 Å². The highest BCUT2D eigenvalue weighted by atomic mass is 16.3. The first kappa shape index (κ1) is 17.9. The van der Waals surface area contributed by atoms with Crippen LogP contribution in [0.4, 0.5) is 0 Å². The lowest BCUT2D eigenvalue weighted by molar-refractivity contribution is 0.417. The molecule has 2 heterocycles. The van der Waals surface area contributed by atoms with Crippen LogP contribution in [-0.2, 0) is 0 Å². The lowest BCUT2D eigenvalue weighted by atomic mass is 9.76. The summed E-state index contributed by atoms with van der Waals surface area (Å²) in [7, 11) is 0. The Morgan fingerprint density at radius 2 is 1.53 bits per heavy atom. The Balaban J connectivity index is 1.29. The third kappa shape index (κ3) is 2.59. The van der Waals surface area contributed by atoms with Crippen molar-refractivity contribution in [2.75, 3.05) is 0 Å². The number of allylic oxidation sites excluding steroid dienone is 5. The molecular weight excluding hydrogens is 392 g/mol. The number of furan rings is 2. The van der Waals surface area contributed by atoms with E-state index in [-0.39, 0.29) is 0 Å². The minimum absolute atomic E-state index is 0.345. The zero-order chi connectivity index (χ0) is 21.1. The molecule has 5 aromatic rings. The Bertz CT molecular complexity index is 1590. The number of para-hydroxylation sites is 3. The van der Waals surface area contributed by atoms with Gasteiger partial charge in [0.25, 0.3) is 0 Å². The minimum Gasteiger partial charge on any atom is -0.460 e. The van der Waals surface area contributed by atoms with Crippen LogP contribution in [0.1, 0.15) is 35.6 Å². The van der Waals surface area contributed by atoms with E-state index in [1.54, 1.807) is 0 Å². The standard InChI is InChI=1S/C30H22O2/c1-3-16-27-23(10-1)25-14-6-12-21(29(25)31-27)19-8-5-9-20(18-19)22-13-7-15-26-24-11-2-4-17-28(24)32-30(22)26/h1-12,14-17,20,22H,13,18H2. The van der Waals surface area contributed by atoms with Crippen molar-refractivity contribution >= 4 is 44.6 Å². The van der Waals surface area contributed by atoms with Crippen LogP contribution in [0.5, 0.6) is 0 Å². The van der Waals surface area contributed by atoms with Gasteiger partial charge >= 0.3 is 0 Å². The molecule has 2 aromatic heterocycles. The first-order chi connectivity index (χ1) is 15.9. The van der Waals surface area contributed by atoms with Gasteiger partial charge in [-0.15, -0.1) is 0 Å². The van der Waals surface area contributed by atoms with E-state index < -0.39 is 0 Å². The zero-order valence-electron chi connectivity index (χ0n) is 17.6. The number of hydrogen-bond donors (Lipinski definition) is 0. The molecule has 0 aliphatic heterocycles. The highest BCUT2D eigenvalue weighted by molar-refractivity contribution is 6.08. The summed E-state index contributed by atoms with van der Waals surface area (Å²) >= 11 is 0. The molecule has 0 saturated heterocycles. The lowest BCUT2D eigenvalue weighted by Gasteiger charge is -2.27. The van der Waals surface area contributed by atoms with Gasteiger partial charge in [0.1, 0.15) is 22.5 Å². The Hall–Kier alpha value is -3.78. The van der Waals surface area contributed by atoms with Crippen LogP contribution < -0.4 is 0 Å². The van der Waals surface area contributed by atoms with Crippen LogP contribution in [0.3, 0.4) is 0 Å². The second kappa shape index (κ2) is 6.86. The maximum absolute atomic E-state index is 6.38. The summed E-state index contributed by atoms with van der Waals surface area (Å²) < 4.78 is 12.7. The molecule has 2 aliphatic carbocycles. The van der Waals surface area contributed by atoms with E-state index in [0.29, 0.717) is 11.8 Å². The number of benzene rings is 3. The molecule has 0 fully saturated rings. The molecule has 0 bridgehead atoms. The Morgan fingerprint density at radius 1 is 0.750 bits per heavy atom. The van der Waals surface area contributed by atoms with E-state index in [9.17, 15) is 0 Å². The third-order valence-corrected chi connectivity index (χ3v) is 7.05. The van der Waals surface area contributed by atoms with Crippen molar-refractivity contribution in [2.24, 2.45) is 5.92 Å². The second-order valence-electron chi connectivity index (χ2n) is 8.85. The predicted octanol–water partition coefficient (Wildman–Crippen LogP) is 8.49. The average Bonchev–Trinajstić information content (AvgIpc) is 3.42. The van der Waals surface area contributed by atoms with Gasteiger partial charge in [-0.05, 0) is 36.5 Å². The molecule has 0 N–H and O–H groups in total. The predicted molar refractivity (Wildman–Crippen MR) is 132 cm³/mol. The first-order valence-corrected chi connectivity index (χ1v) is 11.3. The van der Waals surface area contributed by atoms with E-state index in [0.717, 1.165) is 35.4 Å². The number of hydrogen-bond acceptors (Lipinski definition) is 2.